The highest BCUT2D eigenvalue weighted by atomic mass is 16.2. The minimum absolute atomic E-state index is 0.0232. The number of likely N-dealkylation sites (tertiary alicyclic amines) is 2. The molecule has 1 spiro atoms. The Morgan fingerprint density at radius 3 is 2.59 bits per heavy atom. The third kappa shape index (κ3) is 4.31. The Kier molecular flexibility index (Phi) is 5.35. The van der Waals surface area contributed by atoms with E-state index in [0.29, 0.717) is 26.1 Å². The molecular formula is C23H28N4O2. The highest BCUT2D eigenvalue weighted by Gasteiger charge is 2.42. The molecule has 0 unspecified atom stereocenters. The molecule has 6 heteroatoms. The fourth-order valence-electron chi connectivity index (χ4n) is 4.54. The average Bonchev–Trinajstić information content (AvgIpc) is 2.73. The van der Waals surface area contributed by atoms with E-state index >= 15 is 0 Å². The first-order valence-corrected chi connectivity index (χ1v) is 10.4. The van der Waals surface area contributed by atoms with Gasteiger partial charge in [-0.05, 0) is 45.2 Å². The molecule has 4 rings (SSSR count). The van der Waals surface area contributed by atoms with Crippen molar-refractivity contribution in [1.29, 1.82) is 0 Å². The molecule has 0 N–H and O–H groups in total. The van der Waals surface area contributed by atoms with E-state index in [1.807, 2.05) is 47.9 Å². The second kappa shape index (κ2) is 7.93. The topological polar surface area (TPSA) is 66.4 Å². The number of piperidine rings is 2. The molecule has 0 bridgehead atoms. The molecule has 2 aromatic rings. The van der Waals surface area contributed by atoms with Gasteiger partial charge in [0.25, 0.3) is 5.91 Å². The van der Waals surface area contributed by atoms with Crippen molar-refractivity contribution in [2.24, 2.45) is 5.41 Å². The third-order valence-corrected chi connectivity index (χ3v) is 6.18. The number of nitrogens with zero attached hydrogens (tertiary/aromatic N) is 4. The number of aryl methyl sites for hydroxylation is 2. The molecule has 1 aromatic heterocycles. The van der Waals surface area contributed by atoms with E-state index in [9.17, 15) is 9.59 Å². The standard InChI is InChI=1S/C23H28N4O2/c1-17-4-6-19(7-5-17)22(29)26-11-3-9-23(15-26)10-8-21(28)27(16-23)14-20-13-24-18(2)12-25-20/h4-7,12-13H,3,8-11,14-16H2,1-2H3/t23-/m0/s1. The van der Waals surface area contributed by atoms with Crippen LogP contribution in [0.15, 0.2) is 36.7 Å². The molecular weight excluding hydrogens is 364 g/mol. The molecule has 2 saturated heterocycles. The lowest BCUT2D eigenvalue weighted by atomic mass is 9.73. The molecule has 0 saturated carbocycles. The maximum Gasteiger partial charge on any atom is 0.253 e. The summed E-state index contributed by atoms with van der Waals surface area (Å²) in [7, 11) is 0. The van der Waals surface area contributed by atoms with Crippen molar-refractivity contribution in [2.75, 3.05) is 19.6 Å². The summed E-state index contributed by atoms with van der Waals surface area (Å²) in [5.74, 6) is 0.261. The number of rotatable bonds is 3. The van der Waals surface area contributed by atoms with Gasteiger partial charge < -0.3 is 9.80 Å². The van der Waals surface area contributed by atoms with Crippen LogP contribution in [0.25, 0.3) is 0 Å². The van der Waals surface area contributed by atoms with Crippen LogP contribution in [0.1, 0.15) is 53.0 Å². The van der Waals surface area contributed by atoms with Gasteiger partial charge in [0.2, 0.25) is 5.91 Å². The number of hydrogen-bond donors (Lipinski definition) is 0. The van der Waals surface area contributed by atoms with Crippen LogP contribution in [0.3, 0.4) is 0 Å². The molecule has 1 aromatic carbocycles. The molecule has 2 amide bonds. The predicted molar refractivity (Wildman–Crippen MR) is 110 cm³/mol. The van der Waals surface area contributed by atoms with Gasteiger partial charge in [0, 0.05) is 43.2 Å². The van der Waals surface area contributed by atoms with Gasteiger partial charge >= 0.3 is 0 Å². The highest BCUT2D eigenvalue weighted by Crippen LogP contribution is 2.39. The predicted octanol–water partition coefficient (Wildman–Crippen LogP) is 3.14. The van der Waals surface area contributed by atoms with Gasteiger partial charge in [0.05, 0.1) is 24.1 Å². The van der Waals surface area contributed by atoms with Crippen LogP contribution in [0.5, 0.6) is 0 Å². The maximum absolute atomic E-state index is 13.0. The quantitative estimate of drug-likeness (QED) is 0.805. The van der Waals surface area contributed by atoms with Crippen LogP contribution < -0.4 is 0 Å². The van der Waals surface area contributed by atoms with E-state index in [0.717, 1.165) is 48.3 Å². The van der Waals surface area contributed by atoms with Gasteiger partial charge in [0.15, 0.2) is 0 Å². The first kappa shape index (κ1) is 19.6. The zero-order valence-electron chi connectivity index (χ0n) is 17.2. The van der Waals surface area contributed by atoms with Crippen LogP contribution in [0, 0.1) is 19.3 Å². The zero-order valence-corrected chi connectivity index (χ0v) is 17.2. The third-order valence-electron chi connectivity index (χ3n) is 6.18. The number of benzene rings is 1. The van der Waals surface area contributed by atoms with Gasteiger partial charge in [-0.25, -0.2) is 0 Å². The fraction of sp³-hybridized carbons (Fsp3) is 0.478. The number of carbonyl (C=O) groups excluding carboxylic acids is 2. The van der Waals surface area contributed by atoms with Gasteiger partial charge in [-0.1, -0.05) is 17.7 Å². The maximum atomic E-state index is 13.0. The van der Waals surface area contributed by atoms with Crippen LogP contribution in [-0.4, -0.2) is 51.2 Å². The average molecular weight is 393 g/mol. The van der Waals surface area contributed by atoms with Crippen molar-refractivity contribution < 1.29 is 9.59 Å². The summed E-state index contributed by atoms with van der Waals surface area (Å²) in [5.41, 5.74) is 3.55. The molecule has 3 heterocycles. The van der Waals surface area contributed by atoms with Crippen molar-refractivity contribution in [1.82, 2.24) is 19.8 Å². The van der Waals surface area contributed by atoms with E-state index in [-0.39, 0.29) is 17.2 Å². The van der Waals surface area contributed by atoms with Crippen LogP contribution in [-0.2, 0) is 11.3 Å². The molecule has 2 fully saturated rings. The highest BCUT2D eigenvalue weighted by molar-refractivity contribution is 5.94. The fourth-order valence-corrected chi connectivity index (χ4v) is 4.54. The molecule has 1 atom stereocenters. The van der Waals surface area contributed by atoms with Crippen molar-refractivity contribution in [3.05, 3.63) is 59.2 Å². The lowest BCUT2D eigenvalue weighted by Crippen LogP contribution is -2.54. The minimum atomic E-state index is -0.0232. The first-order valence-electron chi connectivity index (χ1n) is 10.4. The molecule has 2 aliphatic rings. The second-order valence-corrected chi connectivity index (χ2v) is 8.60. The summed E-state index contributed by atoms with van der Waals surface area (Å²) >= 11 is 0. The van der Waals surface area contributed by atoms with E-state index in [2.05, 4.69) is 9.97 Å². The van der Waals surface area contributed by atoms with Gasteiger partial charge in [-0.2, -0.15) is 0 Å². The van der Waals surface area contributed by atoms with Crippen LogP contribution in [0.4, 0.5) is 0 Å². The smallest absolute Gasteiger partial charge is 0.253 e. The molecule has 0 aliphatic carbocycles. The monoisotopic (exact) mass is 392 g/mol. The summed E-state index contributed by atoms with van der Waals surface area (Å²) in [5, 5.41) is 0. The van der Waals surface area contributed by atoms with Gasteiger partial charge in [0.1, 0.15) is 0 Å². The minimum Gasteiger partial charge on any atom is -0.338 e. The van der Waals surface area contributed by atoms with Gasteiger partial charge in [-0.15, -0.1) is 0 Å². The molecule has 2 aliphatic heterocycles. The molecule has 29 heavy (non-hydrogen) atoms. The summed E-state index contributed by atoms with van der Waals surface area (Å²) in [6, 6.07) is 7.78. The lowest BCUT2D eigenvalue weighted by Gasteiger charge is -2.48. The lowest BCUT2D eigenvalue weighted by molar-refractivity contribution is -0.139. The summed E-state index contributed by atoms with van der Waals surface area (Å²) < 4.78 is 0. The van der Waals surface area contributed by atoms with Crippen molar-refractivity contribution in [3.8, 4) is 0 Å². The SMILES string of the molecule is Cc1ccc(C(=O)N2CCC[C@]3(CCC(=O)N(Cc4cnc(C)cn4)C3)C2)cc1. The Morgan fingerprint density at radius 1 is 1.07 bits per heavy atom. The van der Waals surface area contributed by atoms with E-state index < -0.39 is 0 Å². The second-order valence-electron chi connectivity index (χ2n) is 8.60. The summed E-state index contributed by atoms with van der Waals surface area (Å²) in [6.07, 6.45) is 6.89. The van der Waals surface area contributed by atoms with Crippen molar-refractivity contribution in [2.45, 2.75) is 46.1 Å². The first-order chi connectivity index (χ1) is 13.9. The zero-order chi connectivity index (χ0) is 20.4. The number of carbonyl (C=O) groups is 2. The Labute approximate surface area is 172 Å². The summed E-state index contributed by atoms with van der Waals surface area (Å²) in [4.78, 5) is 38.2. The van der Waals surface area contributed by atoms with Crippen molar-refractivity contribution in [3.63, 3.8) is 0 Å². The van der Waals surface area contributed by atoms with Gasteiger partial charge in [-0.3, -0.25) is 19.6 Å². The molecule has 152 valence electrons. The van der Waals surface area contributed by atoms with E-state index in [4.69, 9.17) is 0 Å². The Morgan fingerprint density at radius 2 is 1.86 bits per heavy atom. The van der Waals surface area contributed by atoms with E-state index in [1.165, 1.54) is 0 Å². The largest absolute Gasteiger partial charge is 0.338 e. The van der Waals surface area contributed by atoms with Crippen LogP contribution in [0.2, 0.25) is 0 Å². The number of amides is 2. The number of hydrogen-bond acceptors (Lipinski definition) is 4. The van der Waals surface area contributed by atoms with Crippen molar-refractivity contribution >= 4 is 11.8 Å². The Hall–Kier alpha value is -2.76. The van der Waals surface area contributed by atoms with Crippen LogP contribution >= 0.6 is 0 Å². The van der Waals surface area contributed by atoms with E-state index in [1.54, 1.807) is 12.4 Å². The molecule has 6 nitrogen and oxygen atoms in total. The Balaban J connectivity index is 1.47. The number of aromatic nitrogens is 2. The normalized spacial score (nSPS) is 22.2. The molecule has 0 radical (unpaired) electrons. The summed E-state index contributed by atoms with van der Waals surface area (Å²) in [6.45, 7) is 6.59. The Bertz CT molecular complexity index is 888.